The number of aryl methyl sites for hydroxylation is 1. The number of rotatable bonds is 8. The maximum atomic E-state index is 14.1. The Hall–Kier alpha value is -3.20. The molecule has 2 aromatic carbocycles. The van der Waals surface area contributed by atoms with Gasteiger partial charge >= 0.3 is 5.97 Å². The van der Waals surface area contributed by atoms with Crippen LogP contribution in [0.4, 0.5) is 4.39 Å². The van der Waals surface area contributed by atoms with Gasteiger partial charge < -0.3 is 15.0 Å². The Bertz CT molecular complexity index is 1380. The van der Waals surface area contributed by atoms with Crippen molar-refractivity contribution < 1.29 is 27.5 Å². The lowest BCUT2D eigenvalue weighted by molar-refractivity contribution is -0.141. The molecule has 35 heavy (non-hydrogen) atoms. The van der Waals surface area contributed by atoms with Gasteiger partial charge in [-0.2, -0.15) is 0 Å². The number of carboxylic acids is 1. The van der Waals surface area contributed by atoms with Crippen molar-refractivity contribution in [3.63, 3.8) is 0 Å². The van der Waals surface area contributed by atoms with Crippen LogP contribution in [0.3, 0.4) is 0 Å². The number of nitrogens with zero attached hydrogens (tertiary/aromatic N) is 1. The summed E-state index contributed by atoms with van der Waals surface area (Å²) in [5, 5.41) is 13.5. The van der Waals surface area contributed by atoms with E-state index in [0.29, 0.717) is 43.0 Å². The van der Waals surface area contributed by atoms with E-state index in [-0.39, 0.29) is 29.1 Å². The molecule has 0 spiro atoms. The number of fused-ring (bicyclic) bond motifs is 3. The average molecular weight is 501 g/mol. The zero-order chi connectivity index (χ0) is 25.3. The first kappa shape index (κ1) is 24.9. The number of aromatic nitrogens is 1. The first-order valence-corrected chi connectivity index (χ1v) is 13.6. The molecule has 2 N–H and O–H groups in total. The van der Waals surface area contributed by atoms with Crippen LogP contribution in [0.25, 0.3) is 10.9 Å². The minimum atomic E-state index is -3.26. The summed E-state index contributed by atoms with van der Waals surface area (Å²) in [7, 11) is -3.26. The Balaban J connectivity index is 1.48. The lowest BCUT2D eigenvalue weighted by atomic mass is 9.91. The van der Waals surface area contributed by atoms with Crippen molar-refractivity contribution >= 4 is 32.6 Å². The van der Waals surface area contributed by atoms with Crippen molar-refractivity contribution in [2.45, 2.75) is 62.4 Å². The molecule has 9 heteroatoms. The summed E-state index contributed by atoms with van der Waals surface area (Å²) < 4.78 is 39.1. The maximum Gasteiger partial charge on any atom is 0.326 e. The Kier molecular flexibility index (Phi) is 6.98. The largest absolute Gasteiger partial charge is 0.480 e. The highest BCUT2D eigenvalue weighted by Crippen LogP contribution is 2.36. The van der Waals surface area contributed by atoms with Crippen molar-refractivity contribution in [2.24, 2.45) is 0 Å². The molecule has 0 aliphatic heterocycles. The topological polar surface area (TPSA) is 105 Å². The third-order valence-corrected chi connectivity index (χ3v) is 7.83. The molecule has 2 unspecified atom stereocenters. The molecule has 2 atom stereocenters. The van der Waals surface area contributed by atoms with Crippen LogP contribution in [0.2, 0.25) is 0 Å². The highest BCUT2D eigenvalue weighted by atomic mass is 32.2. The third kappa shape index (κ3) is 5.24. The molecule has 1 heterocycles. The van der Waals surface area contributed by atoms with Gasteiger partial charge in [-0.25, -0.2) is 17.6 Å². The van der Waals surface area contributed by atoms with Crippen LogP contribution in [-0.4, -0.2) is 42.3 Å². The lowest BCUT2D eigenvalue weighted by Gasteiger charge is -2.26. The van der Waals surface area contributed by atoms with Crippen LogP contribution in [0, 0.1) is 5.82 Å². The molecule has 3 aromatic rings. The second-order valence-corrected chi connectivity index (χ2v) is 11.2. The van der Waals surface area contributed by atoms with Crippen molar-refractivity contribution in [1.82, 2.24) is 9.88 Å². The summed E-state index contributed by atoms with van der Waals surface area (Å²) in [6.07, 6.45) is 4.07. The number of sulfone groups is 1. The molecular formula is C26H29FN2O5S. The van der Waals surface area contributed by atoms with Gasteiger partial charge in [0.2, 0.25) is 5.91 Å². The van der Waals surface area contributed by atoms with E-state index in [0.717, 1.165) is 23.1 Å². The van der Waals surface area contributed by atoms with E-state index in [1.165, 1.54) is 12.1 Å². The van der Waals surface area contributed by atoms with Crippen molar-refractivity contribution in [3.8, 4) is 0 Å². The van der Waals surface area contributed by atoms with Crippen LogP contribution >= 0.6 is 0 Å². The second-order valence-electron chi connectivity index (χ2n) is 9.14. The minimum Gasteiger partial charge on any atom is -0.480 e. The number of carbonyl (C=O) groups excluding carboxylic acids is 1. The highest BCUT2D eigenvalue weighted by Gasteiger charge is 2.30. The van der Waals surface area contributed by atoms with Crippen molar-refractivity contribution in [2.75, 3.05) is 6.26 Å². The number of amides is 1. The van der Waals surface area contributed by atoms with Gasteiger partial charge in [-0.1, -0.05) is 19.1 Å². The molecule has 0 fully saturated rings. The van der Waals surface area contributed by atoms with Crippen molar-refractivity contribution in [1.29, 1.82) is 0 Å². The van der Waals surface area contributed by atoms with E-state index in [1.54, 1.807) is 30.3 Å². The summed E-state index contributed by atoms with van der Waals surface area (Å²) in [6, 6.07) is 10.1. The standard InChI is InChI=1S/C26H29FN2O5S/c1-3-22(26(31)32)29-23-11-7-17(27)14-20(23)21-15-18(8-12-24(21)29)28-25(30)13-6-16-4-9-19(10-5-16)35(2,33)34/h4-5,7,9-11,14,18,22H,3,6,8,12-13,15H2,1-2H3,(H,28,30)(H,31,32). The summed E-state index contributed by atoms with van der Waals surface area (Å²) in [5.41, 5.74) is 3.37. The van der Waals surface area contributed by atoms with Gasteiger partial charge in [-0.3, -0.25) is 4.79 Å². The third-order valence-electron chi connectivity index (χ3n) is 6.70. The van der Waals surface area contributed by atoms with E-state index in [9.17, 15) is 27.5 Å². The molecule has 4 rings (SSSR count). The second kappa shape index (κ2) is 9.81. The van der Waals surface area contributed by atoms with Crippen molar-refractivity contribution in [3.05, 3.63) is 65.1 Å². The number of halogens is 1. The quantitative estimate of drug-likeness (QED) is 0.489. The van der Waals surface area contributed by atoms with Gasteiger partial charge in [0.05, 0.1) is 4.90 Å². The number of hydrogen-bond donors (Lipinski definition) is 2. The fraction of sp³-hybridized carbons (Fsp3) is 0.385. The number of carbonyl (C=O) groups is 2. The predicted molar refractivity (Wildman–Crippen MR) is 131 cm³/mol. The smallest absolute Gasteiger partial charge is 0.326 e. The summed E-state index contributed by atoms with van der Waals surface area (Å²) in [5.74, 6) is -1.41. The summed E-state index contributed by atoms with van der Waals surface area (Å²) in [4.78, 5) is 24.8. The van der Waals surface area contributed by atoms with E-state index < -0.39 is 21.8 Å². The average Bonchev–Trinajstić information content (AvgIpc) is 3.10. The number of carboxylic acid groups (broad SMARTS) is 1. The minimum absolute atomic E-state index is 0.113. The molecule has 1 aliphatic rings. The fourth-order valence-electron chi connectivity index (χ4n) is 4.97. The first-order chi connectivity index (χ1) is 16.6. The molecule has 0 radical (unpaired) electrons. The van der Waals surface area contributed by atoms with Crippen LogP contribution < -0.4 is 5.32 Å². The van der Waals surface area contributed by atoms with Gasteiger partial charge in [0, 0.05) is 35.3 Å². The van der Waals surface area contributed by atoms with Crippen LogP contribution in [0.5, 0.6) is 0 Å². The van der Waals surface area contributed by atoms with Gasteiger partial charge in [-0.05, 0) is 73.6 Å². The Morgan fingerprint density at radius 2 is 1.91 bits per heavy atom. The molecule has 186 valence electrons. The highest BCUT2D eigenvalue weighted by molar-refractivity contribution is 7.90. The predicted octanol–water partition coefficient (Wildman–Crippen LogP) is 3.83. The zero-order valence-corrected chi connectivity index (χ0v) is 20.6. The fourth-order valence-corrected chi connectivity index (χ4v) is 5.60. The summed E-state index contributed by atoms with van der Waals surface area (Å²) in [6.45, 7) is 1.82. The van der Waals surface area contributed by atoms with E-state index >= 15 is 0 Å². The Morgan fingerprint density at radius 3 is 2.54 bits per heavy atom. The molecule has 0 bridgehead atoms. The van der Waals surface area contributed by atoms with Crippen LogP contribution in [0.15, 0.2) is 47.4 Å². The molecule has 1 aromatic heterocycles. The molecule has 0 saturated heterocycles. The Labute approximate surface area is 203 Å². The van der Waals surface area contributed by atoms with Gasteiger partial charge in [0.15, 0.2) is 9.84 Å². The number of benzene rings is 2. The molecular weight excluding hydrogens is 471 g/mol. The monoisotopic (exact) mass is 500 g/mol. The molecule has 1 aliphatic carbocycles. The number of hydrogen-bond acceptors (Lipinski definition) is 4. The molecule has 7 nitrogen and oxygen atoms in total. The lowest BCUT2D eigenvalue weighted by Crippen LogP contribution is -2.39. The van der Waals surface area contributed by atoms with E-state index in [2.05, 4.69) is 5.32 Å². The van der Waals surface area contributed by atoms with Crippen LogP contribution in [0.1, 0.15) is 49.0 Å². The normalized spacial score (nSPS) is 16.6. The van der Waals surface area contributed by atoms with Gasteiger partial charge in [0.25, 0.3) is 0 Å². The van der Waals surface area contributed by atoms with Crippen LogP contribution in [-0.2, 0) is 38.7 Å². The number of aliphatic carboxylic acids is 1. The van der Waals surface area contributed by atoms with E-state index in [1.807, 2.05) is 11.5 Å². The van der Waals surface area contributed by atoms with E-state index in [4.69, 9.17) is 0 Å². The summed E-state index contributed by atoms with van der Waals surface area (Å²) >= 11 is 0. The molecule has 1 amide bonds. The SMILES string of the molecule is CCC(C(=O)O)n1c2c(c3cc(F)ccc31)CC(NC(=O)CCc1ccc(S(C)(=O)=O)cc1)CC2. The maximum absolute atomic E-state index is 14.1. The van der Waals surface area contributed by atoms with Gasteiger partial charge in [-0.15, -0.1) is 0 Å². The van der Waals surface area contributed by atoms with Gasteiger partial charge in [0.1, 0.15) is 11.9 Å². The zero-order valence-electron chi connectivity index (χ0n) is 19.8. The Morgan fingerprint density at radius 1 is 1.20 bits per heavy atom. The number of nitrogens with one attached hydrogen (secondary N) is 1. The first-order valence-electron chi connectivity index (χ1n) is 11.7. The molecule has 0 saturated carbocycles.